The van der Waals surface area contributed by atoms with Crippen LogP contribution in [-0.2, 0) is 62.6 Å². The highest BCUT2D eigenvalue weighted by molar-refractivity contribution is 7.87. The molecule has 1 N–H and O–H groups in total. The number of rotatable bonds is 11. The van der Waals surface area contributed by atoms with Crippen LogP contribution in [0.4, 0.5) is 8.78 Å². The molecular weight excluding hydrogens is 774 g/mol. The molecule has 6 saturated carbocycles. The summed E-state index contributed by atoms with van der Waals surface area (Å²) >= 11 is 0. The Labute approximate surface area is 330 Å². The van der Waals surface area contributed by atoms with E-state index in [1.165, 1.54) is 0 Å². The zero-order valence-electron chi connectivity index (χ0n) is 32.3. The molecule has 57 heavy (non-hydrogen) atoms. The Bertz CT molecular complexity index is 1720. The lowest BCUT2D eigenvalue weighted by atomic mass is 9.58. The van der Waals surface area contributed by atoms with Crippen LogP contribution in [0.5, 0.6) is 0 Å². The Balaban J connectivity index is 1.04. The van der Waals surface area contributed by atoms with Crippen LogP contribution in [0.3, 0.4) is 0 Å². The van der Waals surface area contributed by atoms with E-state index in [9.17, 15) is 46.0 Å². The molecule has 1 heterocycles. The third-order valence-electron chi connectivity index (χ3n) is 14.5. The van der Waals surface area contributed by atoms with Gasteiger partial charge in [-0.25, -0.2) is 4.79 Å². The Kier molecular flexibility index (Phi) is 11.8. The van der Waals surface area contributed by atoms with Crippen molar-refractivity contribution in [3.8, 4) is 0 Å². The number of esters is 4. The first-order valence-electron chi connectivity index (χ1n) is 20.5. The molecule has 0 spiro atoms. The fourth-order valence-corrected chi connectivity index (χ4v) is 12.1. The van der Waals surface area contributed by atoms with Crippen LogP contribution >= 0.6 is 0 Å². The SMILES string of the molecule is CC1CC2CC(C(=O)OCC3(COC(=O)C45CCCC(CC(C=O)C4)C5)COC(C4CC5CCCC(C(=O)OC(=O)C(F)(F)S(=O)(=O)O)(C5)C4)OC3)CC(C2)C1=O. The normalized spacial score (nSPS) is 40.6. The number of aldehydes is 1. The third kappa shape index (κ3) is 8.45. The van der Waals surface area contributed by atoms with E-state index in [-0.39, 0.29) is 87.0 Å². The molecule has 6 bridgehead atoms. The number of Topliss-reactive ketones (excluding diaryl/α,β-unsaturated/α-hetero) is 1. The first-order valence-corrected chi connectivity index (χ1v) is 22.0. The minimum absolute atomic E-state index is 0.0254. The summed E-state index contributed by atoms with van der Waals surface area (Å²) in [6.07, 6.45) is 8.98. The van der Waals surface area contributed by atoms with Gasteiger partial charge in [0.15, 0.2) is 6.29 Å². The van der Waals surface area contributed by atoms with Gasteiger partial charge in [0.2, 0.25) is 0 Å². The maximum atomic E-state index is 14.0. The summed E-state index contributed by atoms with van der Waals surface area (Å²) in [5.41, 5.74) is -3.32. The molecule has 10 unspecified atom stereocenters. The first-order chi connectivity index (χ1) is 26.9. The van der Waals surface area contributed by atoms with E-state index in [1.807, 2.05) is 6.92 Å². The van der Waals surface area contributed by atoms with Gasteiger partial charge in [0.25, 0.3) is 0 Å². The lowest BCUT2D eigenvalue weighted by Gasteiger charge is -2.49. The van der Waals surface area contributed by atoms with Crippen LogP contribution in [0, 0.1) is 63.6 Å². The second kappa shape index (κ2) is 15.9. The van der Waals surface area contributed by atoms with E-state index in [0.717, 1.165) is 38.4 Å². The lowest BCUT2D eigenvalue weighted by molar-refractivity contribution is -0.274. The van der Waals surface area contributed by atoms with Crippen molar-refractivity contribution in [2.24, 2.45) is 63.6 Å². The highest BCUT2D eigenvalue weighted by Crippen LogP contribution is 2.54. The minimum Gasteiger partial charge on any atom is -0.465 e. The minimum atomic E-state index is -6.18. The largest absolute Gasteiger partial charge is 0.466 e. The van der Waals surface area contributed by atoms with Crippen molar-refractivity contribution in [2.45, 2.75) is 121 Å². The van der Waals surface area contributed by atoms with Gasteiger partial charge < -0.3 is 28.5 Å². The summed E-state index contributed by atoms with van der Waals surface area (Å²) in [5.74, 6) is -5.59. The first kappa shape index (κ1) is 42.2. The summed E-state index contributed by atoms with van der Waals surface area (Å²) < 4.78 is 88.2. The molecule has 17 heteroatoms. The number of carbonyl (C=O) groups is 6. The Morgan fingerprint density at radius 3 is 2.12 bits per heavy atom. The van der Waals surface area contributed by atoms with E-state index in [1.54, 1.807) is 0 Å². The van der Waals surface area contributed by atoms with E-state index >= 15 is 0 Å². The molecular formula is C40H54F2O14S. The predicted molar refractivity (Wildman–Crippen MR) is 191 cm³/mol. The van der Waals surface area contributed by atoms with E-state index in [0.29, 0.717) is 51.4 Å². The molecule has 7 fully saturated rings. The summed E-state index contributed by atoms with van der Waals surface area (Å²) in [5, 5.41) is -5.33. The number of ketones is 1. The summed E-state index contributed by atoms with van der Waals surface area (Å²) in [6.45, 7) is 1.37. The second-order valence-corrected chi connectivity index (χ2v) is 20.3. The number of fused-ring (bicyclic) bond motifs is 6. The number of halogens is 2. The van der Waals surface area contributed by atoms with Crippen molar-refractivity contribution >= 4 is 46.1 Å². The fraction of sp³-hybridized carbons (Fsp3) is 0.850. The molecule has 10 atom stereocenters. The van der Waals surface area contributed by atoms with Gasteiger partial charge in [-0.15, -0.1) is 0 Å². The van der Waals surface area contributed by atoms with Crippen molar-refractivity contribution in [2.75, 3.05) is 26.4 Å². The zero-order chi connectivity index (χ0) is 41.0. The van der Waals surface area contributed by atoms with Crippen molar-refractivity contribution < 1.29 is 74.2 Å². The van der Waals surface area contributed by atoms with Crippen molar-refractivity contribution in [3.63, 3.8) is 0 Å². The highest BCUT2D eigenvalue weighted by atomic mass is 32.2. The molecule has 6 aliphatic carbocycles. The molecule has 0 radical (unpaired) electrons. The van der Waals surface area contributed by atoms with Gasteiger partial charge in [-0.3, -0.25) is 23.7 Å². The number of hydrogen-bond acceptors (Lipinski definition) is 13. The van der Waals surface area contributed by atoms with Crippen LogP contribution in [0.2, 0.25) is 0 Å². The van der Waals surface area contributed by atoms with E-state index < -0.39 is 73.6 Å². The fourth-order valence-electron chi connectivity index (χ4n) is 11.9. The quantitative estimate of drug-likeness (QED) is 0.0959. The van der Waals surface area contributed by atoms with Gasteiger partial charge >= 0.3 is 39.2 Å². The molecule has 318 valence electrons. The maximum absolute atomic E-state index is 14.0. The molecule has 0 aromatic rings. The average molecular weight is 829 g/mol. The highest BCUT2D eigenvalue weighted by Gasteiger charge is 2.59. The molecule has 1 aliphatic heterocycles. The standard InChI is InChI=1S/C40H54F2O14S/c1-23-8-26-11-28(31(23)44)13-29(12-26)32(45)52-19-37(22-55-34(46)38-6-2-4-24(14-38)9-27(16-38)18-43)20-53-33(54-21-37)30-10-25-5-3-7-39(15-25,17-30)35(47)56-36(48)40(41,42)57(49,50)51/h18,23-30,33H,2-17,19-22H2,1H3,(H,49,50,51). The van der Waals surface area contributed by atoms with Crippen molar-refractivity contribution in [1.29, 1.82) is 0 Å². The Morgan fingerprint density at radius 2 is 1.47 bits per heavy atom. The predicted octanol–water partition coefficient (Wildman–Crippen LogP) is 5.00. The molecule has 14 nitrogen and oxygen atoms in total. The van der Waals surface area contributed by atoms with Crippen molar-refractivity contribution in [1.82, 2.24) is 0 Å². The molecule has 0 amide bonds. The number of ether oxygens (including phenoxy) is 5. The van der Waals surface area contributed by atoms with Crippen LogP contribution in [0.25, 0.3) is 0 Å². The van der Waals surface area contributed by atoms with Gasteiger partial charge in [-0.05, 0) is 94.8 Å². The van der Waals surface area contributed by atoms with Crippen molar-refractivity contribution in [3.05, 3.63) is 0 Å². The van der Waals surface area contributed by atoms with Crippen LogP contribution < -0.4 is 0 Å². The third-order valence-corrected chi connectivity index (χ3v) is 15.3. The van der Waals surface area contributed by atoms with Crippen LogP contribution in [0.15, 0.2) is 0 Å². The molecule has 7 rings (SSSR count). The van der Waals surface area contributed by atoms with Gasteiger partial charge in [-0.1, -0.05) is 32.6 Å². The van der Waals surface area contributed by atoms with Crippen LogP contribution in [-0.4, -0.2) is 86.9 Å². The van der Waals surface area contributed by atoms with E-state index in [2.05, 4.69) is 4.74 Å². The number of alkyl halides is 2. The number of carbonyl (C=O) groups excluding carboxylic acids is 6. The average Bonchev–Trinajstić information content (AvgIpc) is 3.17. The molecule has 0 aromatic heterocycles. The monoisotopic (exact) mass is 828 g/mol. The number of hydrogen-bond donors (Lipinski definition) is 1. The van der Waals surface area contributed by atoms with Gasteiger partial charge in [0, 0.05) is 23.7 Å². The lowest BCUT2D eigenvalue weighted by Crippen LogP contribution is -2.54. The maximum Gasteiger partial charge on any atom is 0.466 e. The van der Waals surface area contributed by atoms with Gasteiger partial charge in [0.05, 0.1) is 35.4 Å². The summed E-state index contributed by atoms with van der Waals surface area (Å²) in [4.78, 5) is 77.6. The van der Waals surface area contributed by atoms with Gasteiger partial charge in [-0.2, -0.15) is 17.2 Å². The molecule has 1 saturated heterocycles. The smallest absolute Gasteiger partial charge is 0.465 e. The van der Waals surface area contributed by atoms with Crippen LogP contribution in [0.1, 0.15) is 110 Å². The summed E-state index contributed by atoms with van der Waals surface area (Å²) in [6, 6.07) is 0. The van der Waals surface area contributed by atoms with E-state index in [4.69, 9.17) is 23.5 Å². The summed E-state index contributed by atoms with van der Waals surface area (Å²) in [7, 11) is -6.18. The Morgan fingerprint density at radius 1 is 0.842 bits per heavy atom. The Hall–Kier alpha value is -2.89. The topological polar surface area (TPSA) is 203 Å². The zero-order valence-corrected chi connectivity index (χ0v) is 33.2. The van der Waals surface area contributed by atoms with Gasteiger partial charge in [0.1, 0.15) is 25.3 Å². The molecule has 7 aliphatic rings. The molecule has 0 aromatic carbocycles. The second-order valence-electron chi connectivity index (χ2n) is 18.9.